The zero-order chi connectivity index (χ0) is 11.2. The minimum absolute atomic E-state index is 0.751. The van der Waals surface area contributed by atoms with E-state index >= 15 is 0 Å². The maximum absolute atomic E-state index is 4.32. The number of hydrogen-bond acceptors (Lipinski definition) is 0. The Morgan fingerprint density at radius 1 is 1.25 bits per heavy atom. The largest absolute Gasteiger partial charge is 0.294 e. The van der Waals surface area contributed by atoms with Crippen LogP contribution in [0.25, 0.3) is 0 Å². The number of rotatable bonds is 1. The lowest BCUT2D eigenvalue weighted by molar-refractivity contribution is -0.882. The van der Waals surface area contributed by atoms with Crippen molar-refractivity contribution in [2.45, 2.75) is 12.8 Å². The van der Waals surface area contributed by atoms with Gasteiger partial charge in [0, 0.05) is 24.3 Å². The first-order valence-electron chi connectivity index (χ1n) is 6.17. The third kappa shape index (κ3) is 1.57. The molecule has 16 heavy (non-hydrogen) atoms. The number of quaternary nitrogens is 1. The van der Waals surface area contributed by atoms with E-state index in [4.69, 9.17) is 0 Å². The Morgan fingerprint density at radius 3 is 2.44 bits per heavy atom. The summed E-state index contributed by atoms with van der Waals surface area (Å²) in [5.41, 5.74) is 2.86. The first kappa shape index (κ1) is 10.6. The molecule has 0 spiro atoms. The Labute approximate surface area is 99.4 Å². The highest BCUT2D eigenvalue weighted by Gasteiger charge is 2.44. The van der Waals surface area contributed by atoms with Crippen molar-refractivity contribution >= 4 is 0 Å². The maximum Gasteiger partial charge on any atom is 0.132 e. The zero-order valence-corrected chi connectivity index (χ0v) is 9.95. The van der Waals surface area contributed by atoms with E-state index in [1.165, 1.54) is 43.1 Å². The number of piperidine rings is 3. The SMILES string of the molecule is C=C1/C(=C/[C]2[CH][CH][CH][CH]2)[N+]2(C)CCC1CC2. The summed E-state index contributed by atoms with van der Waals surface area (Å²) in [6.07, 6.45) is 13.6. The van der Waals surface area contributed by atoms with Crippen LogP contribution in [0.5, 0.6) is 0 Å². The average molecular weight is 213 g/mol. The van der Waals surface area contributed by atoms with Crippen LogP contribution in [0, 0.1) is 37.5 Å². The fraction of sp³-hybridized carbons (Fsp3) is 0.400. The van der Waals surface area contributed by atoms with E-state index in [-0.39, 0.29) is 0 Å². The molecule has 0 atom stereocenters. The number of nitrogens with zero attached hydrogens (tertiary/aromatic N) is 1. The van der Waals surface area contributed by atoms with Crippen molar-refractivity contribution in [3.05, 3.63) is 55.5 Å². The molecule has 3 heterocycles. The van der Waals surface area contributed by atoms with Crippen molar-refractivity contribution in [3.63, 3.8) is 0 Å². The lowest BCUT2D eigenvalue weighted by Gasteiger charge is -2.49. The summed E-state index contributed by atoms with van der Waals surface area (Å²) in [6.45, 7) is 6.90. The molecule has 0 unspecified atom stereocenters. The highest BCUT2D eigenvalue weighted by Crippen LogP contribution is 2.44. The van der Waals surface area contributed by atoms with Crippen LogP contribution in [0.15, 0.2) is 23.9 Å². The topological polar surface area (TPSA) is 0 Å². The molecule has 83 valence electrons. The molecule has 1 aliphatic carbocycles. The molecule has 1 saturated carbocycles. The summed E-state index contributed by atoms with van der Waals surface area (Å²) in [5, 5.41) is 0. The fourth-order valence-electron chi connectivity index (χ4n) is 3.17. The van der Waals surface area contributed by atoms with Crippen LogP contribution in [0.1, 0.15) is 12.8 Å². The molecule has 4 aliphatic rings. The van der Waals surface area contributed by atoms with E-state index in [1.807, 2.05) is 0 Å². The second-order valence-corrected chi connectivity index (χ2v) is 5.39. The predicted molar refractivity (Wildman–Crippen MR) is 66.3 cm³/mol. The Morgan fingerprint density at radius 2 is 1.88 bits per heavy atom. The van der Waals surface area contributed by atoms with Crippen LogP contribution in [-0.2, 0) is 0 Å². The molecule has 1 nitrogen and oxygen atoms in total. The van der Waals surface area contributed by atoms with Crippen LogP contribution in [0.2, 0.25) is 0 Å². The summed E-state index contributed by atoms with van der Waals surface area (Å²) in [7, 11) is 2.36. The third-order valence-electron chi connectivity index (χ3n) is 4.34. The Bertz CT molecular complexity index is 325. The van der Waals surface area contributed by atoms with Crippen LogP contribution in [-0.4, -0.2) is 24.6 Å². The molecule has 4 rings (SSSR count). The van der Waals surface area contributed by atoms with Gasteiger partial charge in [-0.05, 0) is 37.7 Å². The molecule has 1 heteroatoms. The van der Waals surface area contributed by atoms with Gasteiger partial charge in [-0.3, -0.25) is 4.48 Å². The lowest BCUT2D eigenvalue weighted by Crippen LogP contribution is -2.54. The molecule has 3 saturated heterocycles. The van der Waals surface area contributed by atoms with Crippen molar-refractivity contribution in [1.29, 1.82) is 0 Å². The number of likely N-dealkylation sites (N-methyl/N-ethyl adjacent to an activating group) is 1. The molecule has 0 N–H and O–H groups in total. The lowest BCUT2D eigenvalue weighted by atomic mass is 9.79. The predicted octanol–water partition coefficient (Wildman–Crippen LogP) is 2.70. The van der Waals surface area contributed by atoms with E-state index in [1.54, 1.807) is 0 Å². The molecule has 0 aromatic rings. The van der Waals surface area contributed by atoms with Crippen LogP contribution in [0.4, 0.5) is 0 Å². The third-order valence-corrected chi connectivity index (χ3v) is 4.34. The van der Waals surface area contributed by atoms with Crippen LogP contribution >= 0.6 is 0 Å². The highest BCUT2D eigenvalue weighted by atomic mass is 15.4. The molecule has 5 radical (unpaired) electrons. The van der Waals surface area contributed by atoms with Crippen molar-refractivity contribution in [1.82, 2.24) is 0 Å². The minimum Gasteiger partial charge on any atom is -0.294 e. The first-order valence-corrected chi connectivity index (χ1v) is 6.17. The number of allylic oxidation sites excluding steroid dienone is 2. The van der Waals surface area contributed by atoms with Gasteiger partial charge in [0.2, 0.25) is 0 Å². The van der Waals surface area contributed by atoms with Gasteiger partial charge in [-0.25, -0.2) is 0 Å². The minimum atomic E-state index is 0.751. The summed E-state index contributed by atoms with van der Waals surface area (Å²) < 4.78 is 1.10. The van der Waals surface area contributed by atoms with Gasteiger partial charge < -0.3 is 0 Å². The molecule has 4 fully saturated rings. The second-order valence-electron chi connectivity index (χ2n) is 5.39. The summed E-state index contributed by atoms with van der Waals surface area (Å²) in [4.78, 5) is 0. The number of hydrogen-bond donors (Lipinski definition) is 0. The maximum atomic E-state index is 4.32. The standard InChI is InChI=1S/C15H19N/c1-12-14-7-9-16(2,10-8-14)15(12)11-13-5-3-4-6-13/h3-6,11,14H,1,7-10H2,2H3/q+1/b15-11-. The van der Waals surface area contributed by atoms with E-state index in [9.17, 15) is 0 Å². The number of fused-ring (bicyclic) bond motifs is 3. The Kier molecular flexibility index (Phi) is 2.47. The summed E-state index contributed by atoms with van der Waals surface area (Å²) in [5.74, 6) is 2.07. The van der Waals surface area contributed by atoms with Gasteiger partial charge in [-0.2, -0.15) is 0 Å². The molecule has 3 aliphatic heterocycles. The quantitative estimate of drug-likeness (QED) is 0.587. The first-order chi connectivity index (χ1) is 7.69. The van der Waals surface area contributed by atoms with Gasteiger partial charge in [-0.15, -0.1) is 0 Å². The van der Waals surface area contributed by atoms with Gasteiger partial charge in [0.05, 0.1) is 20.1 Å². The monoisotopic (exact) mass is 213 g/mol. The molecule has 0 aromatic heterocycles. The second kappa shape index (κ2) is 3.73. The molecule has 0 amide bonds. The van der Waals surface area contributed by atoms with Crippen LogP contribution < -0.4 is 0 Å². The Balaban J connectivity index is 1.89. The van der Waals surface area contributed by atoms with Gasteiger partial charge in [0.25, 0.3) is 0 Å². The van der Waals surface area contributed by atoms with Gasteiger partial charge in [0.15, 0.2) is 0 Å². The van der Waals surface area contributed by atoms with E-state index in [2.05, 4.69) is 45.4 Å². The normalized spacial score (nSPS) is 42.2. The van der Waals surface area contributed by atoms with E-state index in [0.29, 0.717) is 0 Å². The summed E-state index contributed by atoms with van der Waals surface area (Å²) >= 11 is 0. The molecule has 0 aromatic carbocycles. The summed E-state index contributed by atoms with van der Waals surface area (Å²) in [6, 6.07) is 0. The van der Waals surface area contributed by atoms with Gasteiger partial charge in [0.1, 0.15) is 5.70 Å². The highest BCUT2D eigenvalue weighted by molar-refractivity contribution is 5.46. The van der Waals surface area contributed by atoms with Gasteiger partial charge >= 0.3 is 0 Å². The smallest absolute Gasteiger partial charge is 0.132 e. The fourth-order valence-corrected chi connectivity index (χ4v) is 3.17. The van der Waals surface area contributed by atoms with Gasteiger partial charge in [-0.1, -0.05) is 6.58 Å². The zero-order valence-electron chi connectivity index (χ0n) is 9.95. The average Bonchev–Trinajstić information content (AvgIpc) is 2.77. The van der Waals surface area contributed by atoms with E-state index in [0.717, 1.165) is 10.4 Å². The Hall–Kier alpha value is -0.560. The molecule has 2 bridgehead atoms. The molecular formula is C15H19N+. The van der Waals surface area contributed by atoms with Crippen molar-refractivity contribution in [3.8, 4) is 0 Å². The van der Waals surface area contributed by atoms with Crippen molar-refractivity contribution < 1.29 is 4.48 Å². The van der Waals surface area contributed by atoms with E-state index < -0.39 is 0 Å². The van der Waals surface area contributed by atoms with Crippen LogP contribution in [0.3, 0.4) is 0 Å². The van der Waals surface area contributed by atoms with Crippen molar-refractivity contribution in [2.75, 3.05) is 20.1 Å². The molecular weight excluding hydrogens is 194 g/mol. The van der Waals surface area contributed by atoms with Crippen molar-refractivity contribution in [2.24, 2.45) is 5.92 Å².